The Morgan fingerprint density at radius 1 is 1.09 bits per heavy atom. The number of anilines is 1. The summed E-state index contributed by atoms with van der Waals surface area (Å²) in [6.07, 6.45) is 0. The number of carbonyl (C=O) groups is 2. The van der Waals surface area contributed by atoms with Crippen molar-refractivity contribution >= 4 is 29.2 Å². The fourth-order valence-corrected chi connectivity index (χ4v) is 2.25. The zero-order chi connectivity index (χ0) is 17.0. The molecule has 0 radical (unpaired) electrons. The maximum absolute atomic E-state index is 12.3. The molecule has 0 bridgehead atoms. The van der Waals surface area contributed by atoms with E-state index in [1.54, 1.807) is 25.1 Å². The Morgan fingerprint density at radius 2 is 1.83 bits per heavy atom. The van der Waals surface area contributed by atoms with E-state index in [4.69, 9.17) is 16.3 Å². The second-order valence-electron chi connectivity index (χ2n) is 5.17. The highest BCUT2D eigenvalue weighted by Crippen LogP contribution is 2.22. The number of rotatable bonds is 4. The maximum Gasteiger partial charge on any atom is 0.339 e. The first-order valence-corrected chi connectivity index (χ1v) is 7.65. The molecule has 0 unspecified atom stereocenters. The van der Waals surface area contributed by atoms with Gasteiger partial charge in [0, 0.05) is 11.3 Å². The van der Waals surface area contributed by atoms with Crippen LogP contribution in [0.2, 0.25) is 5.02 Å². The Kier molecular flexibility index (Phi) is 5.40. The van der Waals surface area contributed by atoms with Crippen molar-refractivity contribution < 1.29 is 14.3 Å². The molecule has 2 aromatic carbocycles. The number of benzene rings is 2. The van der Waals surface area contributed by atoms with Crippen LogP contribution in [0.25, 0.3) is 0 Å². The Morgan fingerprint density at radius 3 is 2.48 bits per heavy atom. The van der Waals surface area contributed by atoms with E-state index in [0.717, 1.165) is 11.1 Å². The molecule has 0 saturated carbocycles. The molecule has 0 fully saturated rings. The number of ether oxygens (including phenoxy) is 1. The maximum atomic E-state index is 12.3. The molecule has 4 nitrogen and oxygen atoms in total. The quantitative estimate of drug-likeness (QED) is 0.845. The van der Waals surface area contributed by atoms with Gasteiger partial charge in [-0.05, 0) is 62.2 Å². The monoisotopic (exact) mass is 331 g/mol. The highest BCUT2D eigenvalue weighted by molar-refractivity contribution is 6.33. The molecule has 2 rings (SSSR count). The van der Waals surface area contributed by atoms with Crippen LogP contribution in [0.3, 0.4) is 0 Å². The minimum atomic E-state index is -0.514. The van der Waals surface area contributed by atoms with E-state index in [1.165, 1.54) is 6.07 Å². The van der Waals surface area contributed by atoms with Crippen molar-refractivity contribution in [3.63, 3.8) is 0 Å². The molecule has 120 valence electrons. The van der Waals surface area contributed by atoms with Crippen LogP contribution in [-0.2, 0) is 4.74 Å². The SMILES string of the molecule is CCOC(=O)c1cc(NC(=O)c2ccc(C)c(C)c2)ccc1Cl. The van der Waals surface area contributed by atoms with E-state index in [9.17, 15) is 9.59 Å². The smallest absolute Gasteiger partial charge is 0.339 e. The van der Waals surface area contributed by atoms with Crippen LogP contribution in [0.1, 0.15) is 38.8 Å². The average Bonchev–Trinajstić information content (AvgIpc) is 2.52. The zero-order valence-corrected chi connectivity index (χ0v) is 14.0. The minimum absolute atomic E-state index is 0.228. The van der Waals surface area contributed by atoms with Gasteiger partial charge in [0.2, 0.25) is 0 Å². The first kappa shape index (κ1) is 17.0. The first-order valence-electron chi connectivity index (χ1n) is 7.27. The van der Waals surface area contributed by atoms with Crippen LogP contribution in [0.15, 0.2) is 36.4 Å². The third-order valence-corrected chi connectivity index (χ3v) is 3.82. The van der Waals surface area contributed by atoms with Crippen LogP contribution in [0.4, 0.5) is 5.69 Å². The molecule has 0 aromatic heterocycles. The van der Waals surface area contributed by atoms with Gasteiger partial charge in [-0.2, -0.15) is 0 Å². The standard InChI is InChI=1S/C18H18ClNO3/c1-4-23-18(22)15-10-14(7-8-16(15)19)20-17(21)13-6-5-11(2)12(3)9-13/h5-10H,4H2,1-3H3,(H,20,21). The molecule has 0 aliphatic rings. The van der Waals surface area contributed by atoms with Gasteiger partial charge in [0.05, 0.1) is 17.2 Å². The Labute approximate surface area is 140 Å². The molecule has 0 saturated heterocycles. The van der Waals surface area contributed by atoms with Gasteiger partial charge >= 0.3 is 5.97 Å². The minimum Gasteiger partial charge on any atom is -0.462 e. The average molecular weight is 332 g/mol. The van der Waals surface area contributed by atoms with Crippen LogP contribution in [0.5, 0.6) is 0 Å². The second kappa shape index (κ2) is 7.29. The summed E-state index contributed by atoms with van der Waals surface area (Å²) in [6.45, 7) is 5.92. The first-order chi connectivity index (χ1) is 10.9. The van der Waals surface area contributed by atoms with Crippen molar-refractivity contribution in [2.45, 2.75) is 20.8 Å². The van der Waals surface area contributed by atoms with Crippen molar-refractivity contribution in [1.29, 1.82) is 0 Å². The summed E-state index contributed by atoms with van der Waals surface area (Å²) >= 11 is 6.01. The van der Waals surface area contributed by atoms with E-state index in [-0.39, 0.29) is 23.1 Å². The predicted molar refractivity (Wildman–Crippen MR) is 91.3 cm³/mol. The summed E-state index contributed by atoms with van der Waals surface area (Å²) in [4.78, 5) is 24.1. The molecular weight excluding hydrogens is 314 g/mol. The molecule has 0 atom stereocenters. The summed E-state index contributed by atoms with van der Waals surface area (Å²) in [5, 5.41) is 3.05. The summed E-state index contributed by atoms with van der Waals surface area (Å²) in [7, 11) is 0. The lowest BCUT2D eigenvalue weighted by atomic mass is 10.1. The number of halogens is 1. The summed E-state index contributed by atoms with van der Waals surface area (Å²) in [5.41, 5.74) is 3.44. The molecule has 23 heavy (non-hydrogen) atoms. The van der Waals surface area contributed by atoms with Crippen molar-refractivity contribution in [1.82, 2.24) is 0 Å². The second-order valence-corrected chi connectivity index (χ2v) is 5.58. The van der Waals surface area contributed by atoms with Crippen molar-refractivity contribution in [2.75, 3.05) is 11.9 Å². The van der Waals surface area contributed by atoms with E-state index in [2.05, 4.69) is 5.32 Å². The van der Waals surface area contributed by atoms with Gasteiger partial charge in [0.1, 0.15) is 0 Å². The van der Waals surface area contributed by atoms with Gasteiger partial charge in [0.25, 0.3) is 5.91 Å². The lowest BCUT2D eigenvalue weighted by Gasteiger charge is -2.10. The molecule has 2 aromatic rings. The highest BCUT2D eigenvalue weighted by Gasteiger charge is 2.14. The van der Waals surface area contributed by atoms with Crippen LogP contribution in [-0.4, -0.2) is 18.5 Å². The van der Waals surface area contributed by atoms with Crippen LogP contribution >= 0.6 is 11.6 Å². The third-order valence-electron chi connectivity index (χ3n) is 3.49. The lowest BCUT2D eigenvalue weighted by molar-refractivity contribution is 0.0526. The number of nitrogens with one attached hydrogen (secondary N) is 1. The lowest BCUT2D eigenvalue weighted by Crippen LogP contribution is -2.13. The number of hydrogen-bond acceptors (Lipinski definition) is 3. The third kappa shape index (κ3) is 4.11. The number of hydrogen-bond donors (Lipinski definition) is 1. The molecule has 0 heterocycles. The van der Waals surface area contributed by atoms with Crippen LogP contribution < -0.4 is 5.32 Å². The van der Waals surface area contributed by atoms with Gasteiger partial charge in [-0.1, -0.05) is 17.7 Å². The fraction of sp³-hybridized carbons (Fsp3) is 0.222. The molecule has 0 aliphatic heterocycles. The molecule has 0 spiro atoms. The van der Waals surface area contributed by atoms with E-state index in [0.29, 0.717) is 11.3 Å². The van der Waals surface area contributed by atoms with Gasteiger partial charge in [0.15, 0.2) is 0 Å². The fourth-order valence-electron chi connectivity index (χ4n) is 2.05. The number of carbonyl (C=O) groups excluding carboxylic acids is 2. The number of amides is 1. The summed E-state index contributed by atoms with van der Waals surface area (Å²) < 4.78 is 4.95. The van der Waals surface area contributed by atoms with E-state index in [1.807, 2.05) is 26.0 Å². The topological polar surface area (TPSA) is 55.4 Å². The highest BCUT2D eigenvalue weighted by atomic mass is 35.5. The predicted octanol–water partition coefficient (Wildman–Crippen LogP) is 4.39. The van der Waals surface area contributed by atoms with E-state index < -0.39 is 5.97 Å². The van der Waals surface area contributed by atoms with Crippen molar-refractivity contribution in [3.05, 3.63) is 63.7 Å². The number of esters is 1. The van der Waals surface area contributed by atoms with Gasteiger partial charge in [-0.3, -0.25) is 4.79 Å². The van der Waals surface area contributed by atoms with Gasteiger partial charge in [-0.15, -0.1) is 0 Å². The summed E-state index contributed by atoms with van der Waals surface area (Å²) in [5.74, 6) is -0.759. The molecule has 0 aliphatic carbocycles. The molecule has 1 amide bonds. The molecule has 1 N–H and O–H groups in total. The van der Waals surface area contributed by atoms with Crippen molar-refractivity contribution in [3.8, 4) is 0 Å². The molecule has 5 heteroatoms. The van der Waals surface area contributed by atoms with Gasteiger partial charge < -0.3 is 10.1 Å². The summed E-state index contributed by atoms with van der Waals surface area (Å²) in [6, 6.07) is 10.2. The Balaban J connectivity index is 2.22. The van der Waals surface area contributed by atoms with Crippen LogP contribution in [0, 0.1) is 13.8 Å². The largest absolute Gasteiger partial charge is 0.462 e. The van der Waals surface area contributed by atoms with Gasteiger partial charge in [-0.25, -0.2) is 4.79 Å². The molecular formula is C18H18ClNO3. The zero-order valence-electron chi connectivity index (χ0n) is 13.3. The van der Waals surface area contributed by atoms with Crippen molar-refractivity contribution in [2.24, 2.45) is 0 Å². The van der Waals surface area contributed by atoms with E-state index >= 15 is 0 Å². The number of aryl methyl sites for hydroxylation is 2. The Bertz CT molecular complexity index is 756. The Hall–Kier alpha value is -2.33. The normalized spacial score (nSPS) is 10.3.